The van der Waals surface area contributed by atoms with Crippen molar-refractivity contribution in [2.45, 2.75) is 52.9 Å². The molecule has 0 saturated carbocycles. The lowest BCUT2D eigenvalue weighted by molar-refractivity contribution is -0.393. The van der Waals surface area contributed by atoms with Crippen LogP contribution in [0.15, 0.2) is 48.6 Å². The molecule has 0 N–H and O–H groups in total. The molecule has 0 unspecified atom stereocenters. The summed E-state index contributed by atoms with van der Waals surface area (Å²) in [6, 6.07) is 1.29. The third-order valence-corrected chi connectivity index (χ3v) is 6.12. The molecule has 2 rings (SSSR count). The quantitative estimate of drug-likeness (QED) is 0.0804. The van der Waals surface area contributed by atoms with Gasteiger partial charge < -0.3 is 9.80 Å². The second kappa shape index (κ2) is 16.5. The number of hydrogen-bond donors (Lipinski definition) is 0. The minimum absolute atomic E-state index is 0.0564. The minimum Gasteiger partial charge on any atom is -0.356 e. The maximum atomic E-state index is 12.9. The summed E-state index contributed by atoms with van der Waals surface area (Å²) in [5.74, 6) is 0. The summed E-state index contributed by atoms with van der Waals surface area (Å²) in [6.45, 7) is 14.5. The molecule has 0 saturated heterocycles. The summed E-state index contributed by atoms with van der Waals surface area (Å²) in [5.41, 5.74) is -6.44. The highest BCUT2D eigenvalue weighted by Crippen LogP contribution is 2.44. The molecule has 2 aromatic carbocycles. The summed E-state index contributed by atoms with van der Waals surface area (Å²) < 4.78 is 77.4. The normalized spacial score (nSPS) is 11.2. The number of nitrogens with zero attached hydrogens (tertiary/aromatic N) is 6. The second-order valence-electron chi connectivity index (χ2n) is 10.5. The maximum absolute atomic E-state index is 12.9. The van der Waals surface area contributed by atoms with Crippen molar-refractivity contribution in [2.24, 2.45) is 0 Å². The first-order chi connectivity index (χ1) is 22.0. The standard InChI is InChI=1S/2C14H16F3N3O4/c2*1-4-5-18(8-9(2)3)13-11(19(21)22)6-10(14(15,16)17)7-12(13)20(23)24/h2*6-7H,2,4-5,8H2,1,3H3. The van der Waals surface area contributed by atoms with Crippen molar-refractivity contribution in [3.05, 3.63) is 100 Å². The molecule has 0 amide bonds. The lowest BCUT2D eigenvalue weighted by atomic mass is 10.1. The Morgan fingerprint density at radius 3 is 0.979 bits per heavy atom. The van der Waals surface area contributed by atoms with Gasteiger partial charge in [-0.05, 0) is 26.7 Å². The smallest absolute Gasteiger partial charge is 0.356 e. The van der Waals surface area contributed by atoms with E-state index in [0.717, 1.165) is 0 Å². The SMILES string of the molecule is C=C(C)CN(CCC)c1c([N+](=O)[O-])cc(C(F)(F)F)cc1[N+](=O)[O-].C=C(C)CN(CCC)c1c([N+](=O)[O-])cc(C(F)(F)F)cc1[N+](=O)[O-]. The monoisotopic (exact) mass is 694 g/mol. The van der Waals surface area contributed by atoms with E-state index in [-0.39, 0.29) is 26.2 Å². The van der Waals surface area contributed by atoms with Gasteiger partial charge >= 0.3 is 12.4 Å². The van der Waals surface area contributed by atoms with E-state index in [4.69, 9.17) is 0 Å². The molecule has 2 aromatic rings. The van der Waals surface area contributed by atoms with Crippen LogP contribution in [0, 0.1) is 40.5 Å². The predicted octanol–water partition coefficient (Wildman–Crippen LogP) is 8.63. The molecule has 20 heteroatoms. The van der Waals surface area contributed by atoms with Crippen molar-refractivity contribution in [1.29, 1.82) is 0 Å². The van der Waals surface area contributed by atoms with Crippen LogP contribution in [0.2, 0.25) is 0 Å². The van der Waals surface area contributed by atoms with Gasteiger partial charge in [0, 0.05) is 50.4 Å². The van der Waals surface area contributed by atoms with Crippen LogP contribution in [0.1, 0.15) is 51.7 Å². The third kappa shape index (κ3) is 10.9. The Balaban J connectivity index is 0.000000480. The summed E-state index contributed by atoms with van der Waals surface area (Å²) in [7, 11) is 0. The highest BCUT2D eigenvalue weighted by atomic mass is 19.4. The van der Waals surface area contributed by atoms with Crippen LogP contribution in [0.5, 0.6) is 0 Å². The number of nitro groups is 4. The summed E-state index contributed by atoms with van der Waals surface area (Å²) in [4.78, 5) is 43.4. The zero-order chi connectivity index (χ0) is 37.3. The summed E-state index contributed by atoms with van der Waals surface area (Å²) in [5, 5.41) is 44.9. The molecule has 0 bridgehead atoms. The number of alkyl halides is 6. The van der Waals surface area contributed by atoms with E-state index in [0.29, 0.717) is 48.3 Å². The molecule has 48 heavy (non-hydrogen) atoms. The van der Waals surface area contributed by atoms with E-state index in [2.05, 4.69) is 13.2 Å². The van der Waals surface area contributed by atoms with Gasteiger partial charge in [-0.25, -0.2) is 0 Å². The first-order valence-corrected chi connectivity index (χ1v) is 13.8. The van der Waals surface area contributed by atoms with Crippen molar-refractivity contribution in [2.75, 3.05) is 36.0 Å². The lowest BCUT2D eigenvalue weighted by Crippen LogP contribution is -2.27. The first-order valence-electron chi connectivity index (χ1n) is 13.8. The summed E-state index contributed by atoms with van der Waals surface area (Å²) >= 11 is 0. The van der Waals surface area contributed by atoms with Crippen LogP contribution in [0.25, 0.3) is 0 Å². The van der Waals surface area contributed by atoms with Crippen LogP contribution in [-0.4, -0.2) is 45.9 Å². The van der Waals surface area contributed by atoms with Crippen LogP contribution >= 0.6 is 0 Å². The highest BCUT2D eigenvalue weighted by molar-refractivity contribution is 5.77. The van der Waals surface area contributed by atoms with E-state index < -0.39 is 77.3 Å². The van der Waals surface area contributed by atoms with Crippen LogP contribution in [0.3, 0.4) is 0 Å². The van der Waals surface area contributed by atoms with Crippen molar-refractivity contribution < 1.29 is 46.0 Å². The fourth-order valence-corrected chi connectivity index (χ4v) is 4.47. The van der Waals surface area contributed by atoms with Crippen molar-refractivity contribution >= 4 is 34.1 Å². The molecule has 0 fully saturated rings. The van der Waals surface area contributed by atoms with Gasteiger partial charge in [0.05, 0.1) is 30.8 Å². The average Bonchev–Trinajstić information content (AvgIpc) is 2.94. The van der Waals surface area contributed by atoms with Gasteiger partial charge in [-0.15, -0.1) is 0 Å². The van der Waals surface area contributed by atoms with Gasteiger partial charge in [0.2, 0.25) is 0 Å². The van der Waals surface area contributed by atoms with Gasteiger partial charge in [-0.2, -0.15) is 26.3 Å². The Kier molecular flexibility index (Phi) is 14.0. The number of anilines is 2. The number of halogens is 6. The van der Waals surface area contributed by atoms with Crippen molar-refractivity contribution in [3.8, 4) is 0 Å². The molecule has 264 valence electrons. The number of hydrogen-bond acceptors (Lipinski definition) is 10. The molecular formula is C28H32F6N6O8. The number of benzene rings is 2. The Bertz CT molecular complexity index is 1390. The molecule has 0 atom stereocenters. The Hall–Kier alpha value is -5.30. The van der Waals surface area contributed by atoms with Gasteiger partial charge in [0.1, 0.15) is 0 Å². The van der Waals surface area contributed by atoms with E-state index >= 15 is 0 Å². The van der Waals surface area contributed by atoms with E-state index in [9.17, 15) is 66.8 Å². The maximum Gasteiger partial charge on any atom is 0.416 e. The van der Waals surface area contributed by atoms with Crippen LogP contribution < -0.4 is 9.80 Å². The Labute approximate surface area is 269 Å². The largest absolute Gasteiger partial charge is 0.416 e. The average molecular weight is 695 g/mol. The third-order valence-electron chi connectivity index (χ3n) is 6.12. The van der Waals surface area contributed by atoms with Crippen molar-refractivity contribution in [3.63, 3.8) is 0 Å². The predicted molar refractivity (Wildman–Crippen MR) is 164 cm³/mol. The molecular weight excluding hydrogens is 662 g/mol. The van der Waals surface area contributed by atoms with E-state index in [1.807, 2.05) is 0 Å². The van der Waals surface area contributed by atoms with Gasteiger partial charge in [-0.1, -0.05) is 38.2 Å². The fraction of sp³-hybridized carbons (Fsp3) is 0.429. The van der Waals surface area contributed by atoms with Crippen LogP contribution in [0.4, 0.5) is 60.5 Å². The number of rotatable bonds is 14. The molecule has 0 spiro atoms. The van der Waals surface area contributed by atoms with Gasteiger partial charge in [0.25, 0.3) is 22.7 Å². The molecule has 0 aliphatic heterocycles. The van der Waals surface area contributed by atoms with E-state index in [1.54, 1.807) is 27.7 Å². The van der Waals surface area contributed by atoms with Crippen LogP contribution in [-0.2, 0) is 12.4 Å². The van der Waals surface area contributed by atoms with Crippen molar-refractivity contribution in [1.82, 2.24) is 0 Å². The fourth-order valence-electron chi connectivity index (χ4n) is 4.47. The van der Waals surface area contributed by atoms with Gasteiger partial charge in [0.15, 0.2) is 11.4 Å². The molecule has 0 aliphatic rings. The first kappa shape index (κ1) is 40.7. The minimum atomic E-state index is -4.93. The zero-order valence-electron chi connectivity index (χ0n) is 26.2. The highest BCUT2D eigenvalue weighted by Gasteiger charge is 2.40. The molecule has 14 nitrogen and oxygen atoms in total. The summed E-state index contributed by atoms with van der Waals surface area (Å²) in [6.07, 6.45) is -8.89. The molecule has 0 radical (unpaired) electrons. The lowest BCUT2D eigenvalue weighted by Gasteiger charge is -2.24. The number of nitro benzene ring substituents is 4. The topological polar surface area (TPSA) is 179 Å². The second-order valence-corrected chi connectivity index (χ2v) is 10.5. The van der Waals surface area contributed by atoms with E-state index in [1.165, 1.54) is 9.80 Å². The molecule has 0 heterocycles. The van der Waals surface area contributed by atoms with Gasteiger partial charge in [-0.3, -0.25) is 40.5 Å². The molecule has 0 aliphatic carbocycles. The molecule has 0 aromatic heterocycles. The Morgan fingerprint density at radius 2 is 0.833 bits per heavy atom. The Morgan fingerprint density at radius 1 is 0.604 bits per heavy atom. The zero-order valence-corrected chi connectivity index (χ0v) is 26.2.